The lowest BCUT2D eigenvalue weighted by atomic mass is 9.97. The van der Waals surface area contributed by atoms with E-state index in [0.29, 0.717) is 19.4 Å². The SMILES string of the molecule is COC(=O)c1ccccc1S(=O)(=O)N1CCC(C(=O)NCCCc2cn[nH]c2C)CC1. The van der Waals surface area contributed by atoms with E-state index in [1.165, 1.54) is 23.5 Å². The highest BCUT2D eigenvalue weighted by Crippen LogP contribution is 2.26. The first kappa shape index (κ1) is 23.0. The summed E-state index contributed by atoms with van der Waals surface area (Å²) in [4.78, 5) is 24.4. The number of hydrogen-bond acceptors (Lipinski definition) is 6. The van der Waals surface area contributed by atoms with E-state index < -0.39 is 16.0 Å². The van der Waals surface area contributed by atoms with Gasteiger partial charge in [0.15, 0.2) is 0 Å². The van der Waals surface area contributed by atoms with Crippen molar-refractivity contribution in [3.8, 4) is 0 Å². The van der Waals surface area contributed by atoms with Crippen LogP contribution in [0.25, 0.3) is 0 Å². The third kappa shape index (κ3) is 5.31. The maximum absolute atomic E-state index is 13.1. The molecular formula is C21H28N4O5S. The third-order valence-corrected chi connectivity index (χ3v) is 7.55. The first-order chi connectivity index (χ1) is 14.8. The van der Waals surface area contributed by atoms with Crippen molar-refractivity contribution >= 4 is 21.9 Å². The number of aromatic nitrogens is 2. The van der Waals surface area contributed by atoms with Crippen LogP contribution in [0.2, 0.25) is 0 Å². The Morgan fingerprint density at radius 2 is 1.97 bits per heavy atom. The standard InChI is InChI=1S/C21H28N4O5S/c1-15-17(14-23-24-15)6-5-11-22-20(26)16-9-12-25(13-10-16)31(28,29)19-8-4-3-7-18(19)21(27)30-2/h3-4,7-8,14,16H,5-6,9-13H2,1-2H3,(H,22,26)(H,23,24). The molecule has 1 aliphatic rings. The fourth-order valence-corrected chi connectivity index (χ4v) is 5.38. The van der Waals surface area contributed by atoms with Crippen LogP contribution >= 0.6 is 0 Å². The van der Waals surface area contributed by atoms with Gasteiger partial charge >= 0.3 is 5.97 Å². The Hall–Kier alpha value is -2.72. The zero-order valence-corrected chi connectivity index (χ0v) is 18.6. The molecule has 31 heavy (non-hydrogen) atoms. The molecule has 0 unspecified atom stereocenters. The molecule has 0 spiro atoms. The Balaban J connectivity index is 1.52. The van der Waals surface area contributed by atoms with Crippen LogP contribution in [-0.4, -0.2) is 61.5 Å². The molecule has 0 radical (unpaired) electrons. The zero-order valence-electron chi connectivity index (χ0n) is 17.8. The van der Waals surface area contributed by atoms with Crippen LogP contribution in [0.1, 0.15) is 40.9 Å². The van der Waals surface area contributed by atoms with Crippen LogP contribution in [-0.2, 0) is 26.0 Å². The van der Waals surface area contributed by atoms with E-state index in [2.05, 4.69) is 15.5 Å². The number of aromatic amines is 1. The van der Waals surface area contributed by atoms with Gasteiger partial charge in [0, 0.05) is 31.2 Å². The minimum Gasteiger partial charge on any atom is -0.465 e. The highest BCUT2D eigenvalue weighted by atomic mass is 32.2. The molecule has 1 amide bonds. The molecule has 0 aliphatic carbocycles. The number of nitrogens with zero attached hydrogens (tertiary/aromatic N) is 2. The molecule has 1 aromatic heterocycles. The lowest BCUT2D eigenvalue weighted by Crippen LogP contribution is -2.43. The first-order valence-corrected chi connectivity index (χ1v) is 11.7. The summed E-state index contributed by atoms with van der Waals surface area (Å²) in [5.41, 5.74) is 2.19. The summed E-state index contributed by atoms with van der Waals surface area (Å²) in [7, 11) is -2.64. The van der Waals surface area contributed by atoms with Crippen molar-refractivity contribution in [1.82, 2.24) is 19.8 Å². The molecular weight excluding hydrogens is 420 g/mol. The minimum atomic E-state index is -3.86. The number of methoxy groups -OCH3 is 1. The molecule has 168 valence electrons. The number of esters is 1. The predicted molar refractivity (Wildman–Crippen MR) is 114 cm³/mol. The molecule has 9 nitrogen and oxygen atoms in total. The van der Waals surface area contributed by atoms with E-state index in [0.717, 1.165) is 24.1 Å². The van der Waals surface area contributed by atoms with Gasteiger partial charge in [-0.1, -0.05) is 12.1 Å². The van der Waals surface area contributed by atoms with Crippen molar-refractivity contribution < 1.29 is 22.7 Å². The normalized spacial score (nSPS) is 15.5. The number of H-pyrrole nitrogens is 1. The van der Waals surface area contributed by atoms with E-state index >= 15 is 0 Å². The molecule has 0 bridgehead atoms. The molecule has 10 heteroatoms. The van der Waals surface area contributed by atoms with Crippen molar-refractivity contribution in [3.05, 3.63) is 47.3 Å². The Kier molecular flexibility index (Phi) is 7.45. The van der Waals surface area contributed by atoms with Crippen molar-refractivity contribution in [2.24, 2.45) is 5.92 Å². The maximum Gasteiger partial charge on any atom is 0.339 e. The summed E-state index contributed by atoms with van der Waals surface area (Å²) in [5.74, 6) is -0.965. The number of carbonyl (C=O) groups excluding carboxylic acids is 2. The minimum absolute atomic E-state index is 0.0118. The largest absolute Gasteiger partial charge is 0.465 e. The predicted octanol–water partition coefficient (Wildman–Crippen LogP) is 1.65. The van der Waals surface area contributed by atoms with Gasteiger partial charge in [-0.05, 0) is 50.3 Å². The highest BCUT2D eigenvalue weighted by Gasteiger charge is 2.34. The third-order valence-electron chi connectivity index (χ3n) is 5.59. The molecule has 0 saturated carbocycles. The monoisotopic (exact) mass is 448 g/mol. The number of carbonyl (C=O) groups is 2. The Morgan fingerprint density at radius 3 is 2.61 bits per heavy atom. The second kappa shape index (κ2) is 10.1. The summed E-state index contributed by atoms with van der Waals surface area (Å²) in [6.07, 6.45) is 4.31. The molecule has 2 heterocycles. The molecule has 2 N–H and O–H groups in total. The Labute approximate surface area is 182 Å². The van der Waals surface area contributed by atoms with E-state index in [9.17, 15) is 18.0 Å². The summed E-state index contributed by atoms with van der Waals surface area (Å²) < 4.78 is 32.2. The molecule has 1 saturated heterocycles. The Morgan fingerprint density at radius 1 is 1.26 bits per heavy atom. The second-order valence-electron chi connectivity index (χ2n) is 7.58. The van der Waals surface area contributed by atoms with Gasteiger partial charge in [0.05, 0.1) is 23.8 Å². The van der Waals surface area contributed by atoms with E-state index in [-0.39, 0.29) is 35.4 Å². The molecule has 3 rings (SSSR count). The van der Waals surface area contributed by atoms with Crippen molar-refractivity contribution in [2.45, 2.75) is 37.5 Å². The summed E-state index contributed by atoms with van der Waals surface area (Å²) in [5, 5.41) is 9.83. The van der Waals surface area contributed by atoms with Gasteiger partial charge in [0.25, 0.3) is 0 Å². The van der Waals surface area contributed by atoms with Crippen LogP contribution < -0.4 is 5.32 Å². The van der Waals surface area contributed by atoms with Crippen molar-refractivity contribution in [3.63, 3.8) is 0 Å². The summed E-state index contributed by atoms with van der Waals surface area (Å²) in [6, 6.07) is 6.01. The van der Waals surface area contributed by atoms with Crippen LogP contribution in [0.3, 0.4) is 0 Å². The van der Waals surface area contributed by atoms with Gasteiger partial charge in [0.1, 0.15) is 0 Å². The smallest absolute Gasteiger partial charge is 0.339 e. The topological polar surface area (TPSA) is 121 Å². The van der Waals surface area contributed by atoms with Crippen LogP contribution in [0.4, 0.5) is 0 Å². The lowest BCUT2D eigenvalue weighted by molar-refractivity contribution is -0.126. The fraction of sp³-hybridized carbons (Fsp3) is 0.476. The number of ether oxygens (including phenoxy) is 1. The number of benzene rings is 1. The van der Waals surface area contributed by atoms with Crippen LogP contribution in [0, 0.1) is 12.8 Å². The highest BCUT2D eigenvalue weighted by molar-refractivity contribution is 7.89. The van der Waals surface area contributed by atoms with Gasteiger partial charge in [-0.25, -0.2) is 13.2 Å². The van der Waals surface area contributed by atoms with Gasteiger partial charge in [-0.15, -0.1) is 0 Å². The first-order valence-electron chi connectivity index (χ1n) is 10.3. The lowest BCUT2D eigenvalue weighted by Gasteiger charge is -2.31. The summed E-state index contributed by atoms with van der Waals surface area (Å²) >= 11 is 0. The average Bonchev–Trinajstić information content (AvgIpc) is 3.20. The number of amides is 1. The van der Waals surface area contributed by atoms with E-state index in [4.69, 9.17) is 4.74 Å². The number of piperidine rings is 1. The van der Waals surface area contributed by atoms with Crippen LogP contribution in [0.15, 0.2) is 35.4 Å². The zero-order chi connectivity index (χ0) is 22.4. The van der Waals surface area contributed by atoms with Gasteiger partial charge in [-0.2, -0.15) is 9.40 Å². The maximum atomic E-state index is 13.1. The number of hydrogen-bond donors (Lipinski definition) is 2. The fourth-order valence-electron chi connectivity index (χ4n) is 3.73. The molecule has 1 fully saturated rings. The van der Waals surface area contributed by atoms with E-state index in [1.54, 1.807) is 18.3 Å². The van der Waals surface area contributed by atoms with E-state index in [1.807, 2.05) is 6.92 Å². The number of sulfonamides is 1. The van der Waals surface area contributed by atoms with Gasteiger partial charge < -0.3 is 10.1 Å². The summed E-state index contributed by atoms with van der Waals surface area (Å²) in [6.45, 7) is 2.98. The molecule has 1 aliphatic heterocycles. The van der Waals surface area contributed by atoms with Crippen molar-refractivity contribution in [2.75, 3.05) is 26.7 Å². The number of rotatable bonds is 8. The molecule has 2 aromatic rings. The second-order valence-corrected chi connectivity index (χ2v) is 9.49. The quantitative estimate of drug-likeness (QED) is 0.468. The molecule has 1 aromatic carbocycles. The average molecular weight is 449 g/mol. The number of nitrogens with one attached hydrogen (secondary N) is 2. The van der Waals surface area contributed by atoms with Gasteiger partial charge in [0.2, 0.25) is 15.9 Å². The van der Waals surface area contributed by atoms with Crippen LogP contribution in [0.5, 0.6) is 0 Å². The Bertz CT molecular complexity index is 1030. The van der Waals surface area contributed by atoms with Crippen molar-refractivity contribution in [1.29, 1.82) is 0 Å². The molecule has 0 atom stereocenters. The number of aryl methyl sites for hydroxylation is 2. The van der Waals surface area contributed by atoms with Gasteiger partial charge in [-0.3, -0.25) is 9.89 Å².